The van der Waals surface area contributed by atoms with Gasteiger partial charge in [0.2, 0.25) is 0 Å². The van der Waals surface area contributed by atoms with E-state index in [4.69, 9.17) is 0 Å². The highest BCUT2D eigenvalue weighted by Gasteiger charge is 2.39. The van der Waals surface area contributed by atoms with Crippen LogP contribution in [0.2, 0.25) is 0 Å². The molecule has 3 rings (SSSR count). The molecule has 3 nitrogen and oxygen atoms in total. The van der Waals surface area contributed by atoms with E-state index in [1.54, 1.807) is 0 Å². The number of hydrogen-bond acceptors (Lipinski definition) is 3. The van der Waals surface area contributed by atoms with Crippen molar-refractivity contribution in [3.8, 4) is 0 Å². The number of rotatable bonds is 1. The Kier molecular flexibility index (Phi) is 4.48. The molecule has 0 amide bonds. The van der Waals surface area contributed by atoms with E-state index in [9.17, 15) is 0 Å². The molecule has 0 atom stereocenters. The van der Waals surface area contributed by atoms with Crippen LogP contribution < -0.4 is 5.32 Å². The fraction of sp³-hybridized carbons (Fsp3) is 1.00. The third kappa shape index (κ3) is 3.02. The lowest BCUT2D eigenvalue weighted by molar-refractivity contribution is 0.0167. The predicted molar refractivity (Wildman–Crippen MR) is 84.0 cm³/mol. The summed E-state index contributed by atoms with van der Waals surface area (Å²) in [6.45, 7) is 7.83. The van der Waals surface area contributed by atoms with Crippen molar-refractivity contribution in [2.75, 3.05) is 39.3 Å². The molecule has 3 saturated heterocycles. The van der Waals surface area contributed by atoms with Gasteiger partial charge in [-0.25, -0.2) is 3.11 Å². The van der Waals surface area contributed by atoms with E-state index in [0.29, 0.717) is 5.41 Å². The molecule has 3 heterocycles. The van der Waals surface area contributed by atoms with E-state index in [1.165, 1.54) is 77.8 Å². The zero-order valence-electron chi connectivity index (χ0n) is 11.3. The summed E-state index contributed by atoms with van der Waals surface area (Å²) in [6, 6.07) is 0.876. The van der Waals surface area contributed by atoms with Gasteiger partial charge in [-0.1, -0.05) is 0 Å². The van der Waals surface area contributed by atoms with Crippen LogP contribution >= 0.6 is 22.9 Å². The summed E-state index contributed by atoms with van der Waals surface area (Å²) >= 11 is 2.50. The molecule has 0 aromatic carbocycles. The molecule has 4 heteroatoms. The first-order valence-corrected chi connectivity index (χ1v) is 8.59. The monoisotopic (exact) mass is 363 g/mol. The van der Waals surface area contributed by atoms with Crippen LogP contribution in [0, 0.1) is 5.41 Å². The Bertz CT molecular complexity index is 270. The van der Waals surface area contributed by atoms with Gasteiger partial charge in [-0.05, 0) is 63.6 Å². The van der Waals surface area contributed by atoms with Gasteiger partial charge < -0.3 is 5.32 Å². The molecule has 0 bridgehead atoms. The van der Waals surface area contributed by atoms with Gasteiger partial charge in [0.05, 0.1) is 0 Å². The molecule has 3 aliphatic heterocycles. The second kappa shape index (κ2) is 5.94. The molecule has 104 valence electrons. The second-order valence-corrected chi connectivity index (χ2v) is 7.83. The Morgan fingerprint density at radius 1 is 1.00 bits per heavy atom. The summed E-state index contributed by atoms with van der Waals surface area (Å²) < 4.78 is 2.48. The predicted octanol–water partition coefficient (Wildman–Crippen LogP) is 2.27. The summed E-state index contributed by atoms with van der Waals surface area (Å²) in [5.41, 5.74) is 0.671. The lowest BCUT2D eigenvalue weighted by atomic mass is 9.72. The van der Waals surface area contributed by atoms with Crippen LogP contribution in [0.1, 0.15) is 38.5 Å². The maximum absolute atomic E-state index is 3.50. The summed E-state index contributed by atoms with van der Waals surface area (Å²) in [5, 5.41) is 3.50. The molecule has 3 fully saturated rings. The largest absolute Gasteiger partial charge is 0.317 e. The highest BCUT2D eigenvalue weighted by atomic mass is 127. The van der Waals surface area contributed by atoms with E-state index >= 15 is 0 Å². The Labute approximate surface area is 125 Å². The van der Waals surface area contributed by atoms with Crippen LogP contribution in [0.4, 0.5) is 0 Å². The van der Waals surface area contributed by atoms with E-state index < -0.39 is 0 Å². The standard InChI is InChI=1S/C14H26IN3/c15-18-10-5-14(6-11-18)4-1-9-17(12-14)13-2-7-16-8-3-13/h13,16H,1-12H2. The first-order valence-electron chi connectivity index (χ1n) is 7.63. The quantitative estimate of drug-likeness (QED) is 0.570. The highest BCUT2D eigenvalue weighted by Crippen LogP contribution is 2.41. The maximum atomic E-state index is 3.50. The Morgan fingerprint density at radius 3 is 2.44 bits per heavy atom. The van der Waals surface area contributed by atoms with Crippen molar-refractivity contribution in [1.82, 2.24) is 13.3 Å². The molecule has 1 N–H and O–H groups in total. The zero-order valence-corrected chi connectivity index (χ0v) is 13.5. The molecule has 0 radical (unpaired) electrons. The van der Waals surface area contributed by atoms with E-state index in [0.717, 1.165) is 6.04 Å². The molecule has 1 spiro atoms. The topological polar surface area (TPSA) is 18.5 Å². The summed E-state index contributed by atoms with van der Waals surface area (Å²) in [5.74, 6) is 0. The number of hydrogen-bond donors (Lipinski definition) is 1. The SMILES string of the molecule is IN1CCC2(CCCN(C3CCNCC3)C2)CC1. The van der Waals surface area contributed by atoms with E-state index in [1.807, 2.05) is 0 Å². The van der Waals surface area contributed by atoms with Gasteiger partial charge in [0, 0.05) is 48.5 Å². The molecule has 0 unspecified atom stereocenters. The van der Waals surface area contributed by atoms with Crippen LogP contribution in [-0.4, -0.2) is 53.3 Å². The van der Waals surface area contributed by atoms with Crippen molar-refractivity contribution in [2.45, 2.75) is 44.6 Å². The van der Waals surface area contributed by atoms with Crippen molar-refractivity contribution in [3.05, 3.63) is 0 Å². The highest BCUT2D eigenvalue weighted by molar-refractivity contribution is 14.1. The fourth-order valence-electron chi connectivity index (χ4n) is 4.09. The molecule has 0 saturated carbocycles. The average molecular weight is 363 g/mol. The normalized spacial score (nSPS) is 31.8. The van der Waals surface area contributed by atoms with Gasteiger partial charge in [0.1, 0.15) is 0 Å². The minimum Gasteiger partial charge on any atom is -0.317 e. The number of nitrogens with one attached hydrogen (secondary N) is 1. The minimum atomic E-state index is 0.671. The first-order chi connectivity index (χ1) is 8.77. The minimum absolute atomic E-state index is 0.671. The van der Waals surface area contributed by atoms with Crippen molar-refractivity contribution < 1.29 is 0 Å². The van der Waals surface area contributed by atoms with Crippen molar-refractivity contribution in [2.24, 2.45) is 5.41 Å². The third-order valence-electron chi connectivity index (χ3n) is 5.29. The van der Waals surface area contributed by atoms with E-state index in [2.05, 4.69) is 36.2 Å². The molecular weight excluding hydrogens is 337 g/mol. The third-order valence-corrected chi connectivity index (χ3v) is 6.25. The van der Waals surface area contributed by atoms with Crippen molar-refractivity contribution >= 4 is 22.9 Å². The van der Waals surface area contributed by atoms with Crippen LogP contribution in [0.3, 0.4) is 0 Å². The van der Waals surface area contributed by atoms with Gasteiger partial charge in [0.15, 0.2) is 0 Å². The van der Waals surface area contributed by atoms with Gasteiger partial charge in [-0.2, -0.15) is 0 Å². The smallest absolute Gasteiger partial charge is 0.0201 e. The Morgan fingerprint density at radius 2 is 1.72 bits per heavy atom. The molecule has 3 aliphatic rings. The van der Waals surface area contributed by atoms with Gasteiger partial charge in [-0.15, -0.1) is 0 Å². The molecule has 0 aromatic rings. The first kappa shape index (κ1) is 13.6. The molecule has 0 aliphatic carbocycles. The Balaban J connectivity index is 1.60. The molecule has 0 aromatic heterocycles. The summed E-state index contributed by atoms with van der Waals surface area (Å²) in [7, 11) is 0. The number of nitrogens with zero attached hydrogens (tertiary/aromatic N) is 2. The van der Waals surface area contributed by atoms with Crippen LogP contribution in [-0.2, 0) is 0 Å². The lowest BCUT2D eigenvalue weighted by Gasteiger charge is -2.49. The van der Waals surface area contributed by atoms with Gasteiger partial charge >= 0.3 is 0 Å². The van der Waals surface area contributed by atoms with Crippen LogP contribution in [0.5, 0.6) is 0 Å². The summed E-state index contributed by atoms with van der Waals surface area (Å²) in [6.07, 6.45) is 8.52. The Hall–Kier alpha value is 0.610. The van der Waals surface area contributed by atoms with Gasteiger partial charge in [-0.3, -0.25) is 4.90 Å². The fourth-order valence-corrected chi connectivity index (χ4v) is 4.57. The van der Waals surface area contributed by atoms with Crippen LogP contribution in [0.15, 0.2) is 0 Å². The summed E-state index contributed by atoms with van der Waals surface area (Å²) in [4.78, 5) is 2.84. The van der Waals surface area contributed by atoms with Crippen molar-refractivity contribution in [1.29, 1.82) is 0 Å². The van der Waals surface area contributed by atoms with Crippen LogP contribution in [0.25, 0.3) is 0 Å². The number of piperidine rings is 3. The second-order valence-electron chi connectivity index (χ2n) is 6.47. The van der Waals surface area contributed by atoms with Gasteiger partial charge in [0.25, 0.3) is 0 Å². The lowest BCUT2D eigenvalue weighted by Crippen LogP contribution is -2.53. The number of halogens is 1. The number of likely N-dealkylation sites (tertiary alicyclic amines) is 1. The average Bonchev–Trinajstić information content (AvgIpc) is 2.44. The zero-order chi connectivity index (χ0) is 12.4. The molecular formula is C14H26IN3. The maximum Gasteiger partial charge on any atom is 0.0201 e. The van der Waals surface area contributed by atoms with E-state index in [-0.39, 0.29) is 0 Å². The van der Waals surface area contributed by atoms with Crippen molar-refractivity contribution in [3.63, 3.8) is 0 Å². The molecule has 18 heavy (non-hydrogen) atoms.